The van der Waals surface area contributed by atoms with Crippen molar-refractivity contribution in [2.45, 2.75) is 13.5 Å². The molecule has 0 atom stereocenters. The number of aliphatic hydroxyl groups excluding tert-OH is 1. The lowest BCUT2D eigenvalue weighted by atomic mass is 10.1. The van der Waals surface area contributed by atoms with Gasteiger partial charge < -0.3 is 10.4 Å². The zero-order valence-electron chi connectivity index (χ0n) is 11.0. The van der Waals surface area contributed by atoms with Gasteiger partial charge in [0.05, 0.1) is 11.1 Å². The first kappa shape index (κ1) is 14.3. The summed E-state index contributed by atoms with van der Waals surface area (Å²) >= 11 is 1.62. The normalized spacial score (nSPS) is 9.70. The molecule has 2 aromatic rings. The fourth-order valence-electron chi connectivity index (χ4n) is 1.67. The van der Waals surface area contributed by atoms with Crippen molar-refractivity contribution in [2.24, 2.45) is 0 Å². The predicted molar refractivity (Wildman–Crippen MR) is 78.4 cm³/mol. The number of nitrogens with zero attached hydrogens (tertiary/aromatic N) is 1. The Morgan fingerprint density at radius 3 is 3.05 bits per heavy atom. The third kappa shape index (κ3) is 3.44. The summed E-state index contributed by atoms with van der Waals surface area (Å²) in [6.45, 7) is 2.26. The van der Waals surface area contributed by atoms with E-state index in [-0.39, 0.29) is 12.5 Å². The fraction of sp³-hybridized carbons (Fsp3) is 0.200. The predicted octanol–water partition coefficient (Wildman–Crippen LogP) is 1.73. The molecule has 4 nitrogen and oxygen atoms in total. The first-order chi connectivity index (χ1) is 9.72. The second-order valence-electron chi connectivity index (χ2n) is 4.14. The van der Waals surface area contributed by atoms with E-state index >= 15 is 0 Å². The van der Waals surface area contributed by atoms with Gasteiger partial charge in [-0.15, -0.1) is 0 Å². The summed E-state index contributed by atoms with van der Waals surface area (Å²) in [5, 5.41) is 15.7. The van der Waals surface area contributed by atoms with Gasteiger partial charge in [-0.1, -0.05) is 11.8 Å². The highest BCUT2D eigenvalue weighted by atomic mass is 32.1. The second kappa shape index (κ2) is 6.85. The van der Waals surface area contributed by atoms with Crippen LogP contribution in [0.4, 0.5) is 0 Å². The number of thiophene rings is 1. The Kier molecular flexibility index (Phi) is 4.88. The Balaban J connectivity index is 2.11. The van der Waals surface area contributed by atoms with Crippen molar-refractivity contribution >= 4 is 17.2 Å². The van der Waals surface area contributed by atoms with Crippen LogP contribution in [0.1, 0.15) is 27.0 Å². The van der Waals surface area contributed by atoms with Gasteiger partial charge in [0.1, 0.15) is 6.61 Å². The number of nitrogens with one attached hydrogen (secondary N) is 1. The van der Waals surface area contributed by atoms with Crippen LogP contribution in [-0.2, 0) is 6.54 Å². The average molecular weight is 286 g/mol. The molecule has 102 valence electrons. The number of hydrogen-bond donors (Lipinski definition) is 2. The molecule has 2 heterocycles. The maximum absolute atomic E-state index is 12.2. The van der Waals surface area contributed by atoms with E-state index < -0.39 is 0 Å². The fourth-order valence-corrected chi connectivity index (χ4v) is 2.52. The minimum absolute atomic E-state index is 0.194. The van der Waals surface area contributed by atoms with Crippen molar-refractivity contribution in [1.29, 1.82) is 0 Å². The summed E-state index contributed by atoms with van der Waals surface area (Å²) < 4.78 is 0. The van der Waals surface area contributed by atoms with Crippen molar-refractivity contribution in [3.05, 3.63) is 51.5 Å². The van der Waals surface area contributed by atoms with Crippen LogP contribution in [0.15, 0.2) is 29.2 Å². The topological polar surface area (TPSA) is 62.2 Å². The van der Waals surface area contributed by atoms with Gasteiger partial charge in [-0.3, -0.25) is 9.78 Å². The van der Waals surface area contributed by atoms with E-state index in [0.29, 0.717) is 17.7 Å². The summed E-state index contributed by atoms with van der Waals surface area (Å²) in [6, 6.07) is 1.62. The number of aryl methyl sites for hydroxylation is 1. The van der Waals surface area contributed by atoms with Crippen molar-refractivity contribution < 1.29 is 9.90 Å². The van der Waals surface area contributed by atoms with E-state index in [1.54, 1.807) is 23.6 Å². The van der Waals surface area contributed by atoms with Crippen molar-refractivity contribution in [1.82, 2.24) is 10.3 Å². The van der Waals surface area contributed by atoms with Crippen molar-refractivity contribution in [3.8, 4) is 11.8 Å². The molecule has 0 aliphatic heterocycles. The standard InChI is InChI=1S/C15H14N2O2S/c1-11-9-20-10-13(11)8-17-15(19)14-4-5-16-7-12(14)3-2-6-18/h4-5,7,9-10,18H,6,8H2,1H3,(H,17,19). The van der Waals surface area contributed by atoms with Crippen molar-refractivity contribution in [2.75, 3.05) is 6.61 Å². The van der Waals surface area contributed by atoms with Gasteiger partial charge in [-0.05, 0) is 34.9 Å². The lowest BCUT2D eigenvalue weighted by Gasteiger charge is -2.06. The maximum atomic E-state index is 12.2. The number of pyridine rings is 1. The number of carbonyl (C=O) groups is 1. The van der Waals surface area contributed by atoms with Gasteiger partial charge in [0, 0.05) is 18.9 Å². The van der Waals surface area contributed by atoms with Crippen LogP contribution in [0.3, 0.4) is 0 Å². The zero-order valence-corrected chi connectivity index (χ0v) is 11.8. The van der Waals surface area contributed by atoms with Crippen LogP contribution in [-0.4, -0.2) is 22.6 Å². The summed E-state index contributed by atoms with van der Waals surface area (Å²) in [7, 11) is 0. The largest absolute Gasteiger partial charge is 0.384 e. The van der Waals surface area contributed by atoms with E-state index in [9.17, 15) is 4.79 Å². The second-order valence-corrected chi connectivity index (χ2v) is 4.89. The lowest BCUT2D eigenvalue weighted by molar-refractivity contribution is 0.0950. The third-order valence-electron chi connectivity index (χ3n) is 2.77. The molecule has 5 heteroatoms. The van der Waals surface area contributed by atoms with Crippen LogP contribution in [0.5, 0.6) is 0 Å². The summed E-state index contributed by atoms with van der Waals surface area (Å²) in [5.74, 6) is 5.06. The molecule has 2 N–H and O–H groups in total. The minimum atomic E-state index is -0.246. The molecule has 20 heavy (non-hydrogen) atoms. The Hall–Kier alpha value is -2.16. The molecule has 0 unspecified atom stereocenters. The van der Waals surface area contributed by atoms with E-state index in [2.05, 4.69) is 22.1 Å². The lowest BCUT2D eigenvalue weighted by Crippen LogP contribution is -2.23. The first-order valence-electron chi connectivity index (χ1n) is 6.06. The quantitative estimate of drug-likeness (QED) is 0.845. The monoisotopic (exact) mass is 286 g/mol. The molecule has 0 radical (unpaired) electrons. The highest BCUT2D eigenvalue weighted by Crippen LogP contribution is 2.13. The van der Waals surface area contributed by atoms with E-state index in [1.807, 2.05) is 17.7 Å². The Labute approximate surface area is 121 Å². The molecule has 0 fully saturated rings. The van der Waals surface area contributed by atoms with E-state index in [4.69, 9.17) is 5.11 Å². The third-order valence-corrected chi connectivity index (χ3v) is 3.68. The smallest absolute Gasteiger partial charge is 0.252 e. The Morgan fingerprint density at radius 2 is 2.35 bits per heavy atom. The number of hydrogen-bond acceptors (Lipinski definition) is 4. The van der Waals surface area contributed by atoms with Crippen LogP contribution >= 0.6 is 11.3 Å². The van der Waals surface area contributed by atoms with Crippen LogP contribution < -0.4 is 5.32 Å². The van der Waals surface area contributed by atoms with Crippen molar-refractivity contribution in [3.63, 3.8) is 0 Å². The van der Waals surface area contributed by atoms with Gasteiger partial charge in [0.25, 0.3) is 5.91 Å². The van der Waals surface area contributed by atoms with Crippen LogP contribution in [0.25, 0.3) is 0 Å². The van der Waals surface area contributed by atoms with Gasteiger partial charge in [0.15, 0.2) is 0 Å². The highest BCUT2D eigenvalue weighted by Gasteiger charge is 2.10. The summed E-state index contributed by atoms with van der Waals surface area (Å²) in [6.07, 6.45) is 3.07. The summed E-state index contributed by atoms with van der Waals surface area (Å²) in [5.41, 5.74) is 3.26. The van der Waals surface area contributed by atoms with Gasteiger partial charge in [-0.25, -0.2) is 0 Å². The van der Waals surface area contributed by atoms with E-state index in [1.165, 1.54) is 11.8 Å². The molecule has 0 bridgehead atoms. The molecule has 0 spiro atoms. The van der Waals surface area contributed by atoms with Crippen LogP contribution in [0.2, 0.25) is 0 Å². The molecule has 0 aromatic carbocycles. The molecular formula is C15H14N2O2S. The average Bonchev–Trinajstić information content (AvgIpc) is 2.88. The van der Waals surface area contributed by atoms with Gasteiger partial charge in [-0.2, -0.15) is 11.3 Å². The minimum Gasteiger partial charge on any atom is -0.384 e. The van der Waals surface area contributed by atoms with Crippen LogP contribution in [0, 0.1) is 18.8 Å². The Bertz CT molecular complexity index is 668. The number of aromatic nitrogens is 1. The molecule has 1 amide bonds. The van der Waals surface area contributed by atoms with E-state index in [0.717, 1.165) is 5.56 Å². The molecule has 0 saturated carbocycles. The maximum Gasteiger partial charge on any atom is 0.252 e. The van der Waals surface area contributed by atoms with Gasteiger partial charge in [0.2, 0.25) is 0 Å². The number of rotatable bonds is 3. The SMILES string of the molecule is Cc1cscc1CNC(=O)c1ccncc1C#CCO. The molecule has 0 aliphatic rings. The van der Waals surface area contributed by atoms with Gasteiger partial charge >= 0.3 is 0 Å². The number of aliphatic hydroxyl groups is 1. The molecular weight excluding hydrogens is 272 g/mol. The molecule has 2 aromatic heterocycles. The zero-order chi connectivity index (χ0) is 14.4. The Morgan fingerprint density at radius 1 is 1.50 bits per heavy atom. The highest BCUT2D eigenvalue weighted by molar-refractivity contribution is 7.08. The number of amides is 1. The summed E-state index contributed by atoms with van der Waals surface area (Å²) in [4.78, 5) is 16.1. The number of carbonyl (C=O) groups excluding carboxylic acids is 1. The molecule has 2 rings (SSSR count). The first-order valence-corrected chi connectivity index (χ1v) is 7.00. The molecule has 0 saturated heterocycles. The molecule has 0 aliphatic carbocycles.